The van der Waals surface area contributed by atoms with Crippen LogP contribution in [0.3, 0.4) is 0 Å². The summed E-state index contributed by atoms with van der Waals surface area (Å²) in [4.78, 5) is 0. The third-order valence-corrected chi connectivity index (χ3v) is 4.41. The van der Waals surface area contributed by atoms with E-state index in [0.29, 0.717) is 5.41 Å². The van der Waals surface area contributed by atoms with E-state index in [4.69, 9.17) is 5.26 Å². The van der Waals surface area contributed by atoms with Crippen LogP contribution in [0.5, 0.6) is 0 Å². The number of allylic oxidation sites excluding steroid dienone is 2. The third kappa shape index (κ3) is 1.21. The molecular weight excluding hydrogens is 170 g/mol. The minimum absolute atomic E-state index is 0.357. The Morgan fingerprint density at radius 2 is 2.36 bits per heavy atom. The summed E-state index contributed by atoms with van der Waals surface area (Å²) >= 11 is 0. The first-order chi connectivity index (χ1) is 6.75. The molecule has 0 radical (unpaired) electrons. The van der Waals surface area contributed by atoms with Crippen molar-refractivity contribution in [1.29, 1.82) is 5.26 Å². The van der Waals surface area contributed by atoms with Crippen molar-refractivity contribution in [2.75, 3.05) is 0 Å². The van der Waals surface area contributed by atoms with Crippen molar-refractivity contribution >= 4 is 0 Å². The van der Waals surface area contributed by atoms with E-state index in [1.807, 2.05) is 0 Å². The van der Waals surface area contributed by atoms with Crippen LogP contribution < -0.4 is 0 Å². The van der Waals surface area contributed by atoms with E-state index in [2.05, 4.69) is 26.0 Å². The smallest absolute Gasteiger partial charge is 0.0627 e. The molecular formula is C13H19N. The zero-order chi connectivity index (χ0) is 10.2. The SMILES string of the molecule is CCC1=C[C@@H]2[C@H](C1)C[C@]2(CC)CC#N. The Hall–Kier alpha value is -0.770. The maximum Gasteiger partial charge on any atom is 0.0627 e. The van der Waals surface area contributed by atoms with Crippen LogP contribution in [-0.2, 0) is 0 Å². The van der Waals surface area contributed by atoms with Crippen molar-refractivity contribution in [3.05, 3.63) is 11.6 Å². The lowest BCUT2D eigenvalue weighted by molar-refractivity contribution is 0.000639. The third-order valence-electron chi connectivity index (χ3n) is 4.41. The highest BCUT2D eigenvalue weighted by Gasteiger charge is 2.53. The summed E-state index contributed by atoms with van der Waals surface area (Å²) < 4.78 is 0. The van der Waals surface area contributed by atoms with Gasteiger partial charge in [-0.3, -0.25) is 0 Å². The molecule has 0 aliphatic heterocycles. The highest BCUT2D eigenvalue weighted by atomic mass is 14.6. The first-order valence-corrected chi connectivity index (χ1v) is 5.82. The normalized spacial score (nSPS) is 39.6. The summed E-state index contributed by atoms with van der Waals surface area (Å²) in [5.41, 5.74) is 1.99. The molecule has 0 amide bonds. The summed E-state index contributed by atoms with van der Waals surface area (Å²) in [6.07, 6.45) is 8.23. The van der Waals surface area contributed by atoms with Crippen LogP contribution in [0.25, 0.3) is 0 Å². The van der Waals surface area contributed by atoms with Gasteiger partial charge >= 0.3 is 0 Å². The first-order valence-electron chi connectivity index (χ1n) is 5.82. The molecule has 1 saturated carbocycles. The summed E-state index contributed by atoms with van der Waals surface area (Å²) in [6, 6.07) is 2.38. The Labute approximate surface area is 86.8 Å². The monoisotopic (exact) mass is 189 g/mol. The Balaban J connectivity index is 2.12. The van der Waals surface area contributed by atoms with Gasteiger partial charge in [-0.25, -0.2) is 0 Å². The fourth-order valence-corrected chi connectivity index (χ4v) is 3.41. The number of hydrogen-bond acceptors (Lipinski definition) is 1. The van der Waals surface area contributed by atoms with Crippen LogP contribution in [-0.4, -0.2) is 0 Å². The predicted octanol–water partition coefficient (Wildman–Crippen LogP) is 3.67. The number of fused-ring (bicyclic) bond motifs is 1. The summed E-state index contributed by atoms with van der Waals surface area (Å²) in [5.74, 6) is 1.63. The molecule has 0 N–H and O–H groups in total. The van der Waals surface area contributed by atoms with Crippen molar-refractivity contribution in [1.82, 2.24) is 0 Å². The summed E-state index contributed by atoms with van der Waals surface area (Å²) in [7, 11) is 0. The molecule has 76 valence electrons. The van der Waals surface area contributed by atoms with E-state index in [0.717, 1.165) is 18.3 Å². The van der Waals surface area contributed by atoms with E-state index >= 15 is 0 Å². The first kappa shape index (κ1) is 9.77. The summed E-state index contributed by atoms with van der Waals surface area (Å²) in [6.45, 7) is 4.49. The minimum atomic E-state index is 0.357. The Kier molecular flexibility index (Phi) is 2.39. The molecule has 0 aromatic rings. The highest BCUT2D eigenvalue weighted by Crippen LogP contribution is 2.61. The topological polar surface area (TPSA) is 23.8 Å². The molecule has 3 atom stereocenters. The van der Waals surface area contributed by atoms with Gasteiger partial charge in [-0.15, -0.1) is 0 Å². The largest absolute Gasteiger partial charge is 0.198 e. The molecule has 0 aromatic heterocycles. The number of nitriles is 1. The predicted molar refractivity (Wildman–Crippen MR) is 57.5 cm³/mol. The molecule has 2 aliphatic carbocycles. The van der Waals surface area contributed by atoms with Gasteiger partial charge in [-0.1, -0.05) is 25.5 Å². The van der Waals surface area contributed by atoms with Gasteiger partial charge in [-0.05, 0) is 42.9 Å². The van der Waals surface area contributed by atoms with E-state index in [1.54, 1.807) is 5.57 Å². The second kappa shape index (κ2) is 3.42. The Morgan fingerprint density at radius 1 is 1.57 bits per heavy atom. The Bertz CT molecular complexity index is 297. The van der Waals surface area contributed by atoms with E-state index < -0.39 is 0 Å². The standard InChI is InChI=1S/C13H19N/c1-3-10-7-11-9-13(4-2,5-6-14)12(11)8-10/h8,11-12H,3-5,7,9H2,1-2H3/t11-,12-,13+/m1/s1. The number of hydrogen-bond donors (Lipinski definition) is 0. The quantitative estimate of drug-likeness (QED) is 0.621. The molecule has 1 heteroatoms. The van der Waals surface area contributed by atoms with Crippen LogP contribution in [0.4, 0.5) is 0 Å². The molecule has 0 aromatic carbocycles. The van der Waals surface area contributed by atoms with E-state index in [-0.39, 0.29) is 0 Å². The van der Waals surface area contributed by atoms with Crippen molar-refractivity contribution in [2.24, 2.45) is 17.3 Å². The van der Waals surface area contributed by atoms with Gasteiger partial charge in [0.1, 0.15) is 0 Å². The van der Waals surface area contributed by atoms with Crippen molar-refractivity contribution < 1.29 is 0 Å². The molecule has 0 heterocycles. The van der Waals surface area contributed by atoms with Crippen molar-refractivity contribution in [3.8, 4) is 6.07 Å². The molecule has 0 unspecified atom stereocenters. The van der Waals surface area contributed by atoms with Crippen molar-refractivity contribution in [2.45, 2.75) is 46.0 Å². The second-order valence-electron chi connectivity index (χ2n) is 4.92. The van der Waals surface area contributed by atoms with Gasteiger partial charge in [-0.2, -0.15) is 5.26 Å². The Morgan fingerprint density at radius 3 is 2.93 bits per heavy atom. The van der Waals surface area contributed by atoms with Crippen LogP contribution in [0.15, 0.2) is 11.6 Å². The van der Waals surface area contributed by atoms with Gasteiger partial charge in [0.25, 0.3) is 0 Å². The van der Waals surface area contributed by atoms with E-state index in [9.17, 15) is 0 Å². The molecule has 14 heavy (non-hydrogen) atoms. The highest BCUT2D eigenvalue weighted by molar-refractivity contribution is 5.23. The van der Waals surface area contributed by atoms with Gasteiger partial charge in [0, 0.05) is 6.42 Å². The van der Waals surface area contributed by atoms with Crippen molar-refractivity contribution in [3.63, 3.8) is 0 Å². The van der Waals surface area contributed by atoms with Gasteiger partial charge < -0.3 is 0 Å². The fourth-order valence-electron chi connectivity index (χ4n) is 3.41. The molecule has 2 rings (SSSR count). The molecule has 0 saturated heterocycles. The lowest BCUT2D eigenvalue weighted by Gasteiger charge is -2.51. The van der Waals surface area contributed by atoms with Gasteiger partial charge in [0.15, 0.2) is 0 Å². The molecule has 2 aliphatic rings. The molecule has 1 fully saturated rings. The minimum Gasteiger partial charge on any atom is -0.198 e. The number of nitrogens with zero attached hydrogens (tertiary/aromatic N) is 1. The maximum atomic E-state index is 8.87. The zero-order valence-corrected chi connectivity index (χ0v) is 9.21. The summed E-state index contributed by atoms with van der Waals surface area (Å²) in [5, 5.41) is 8.87. The average molecular weight is 189 g/mol. The van der Waals surface area contributed by atoms with Crippen LogP contribution in [0.1, 0.15) is 46.0 Å². The van der Waals surface area contributed by atoms with Crippen LogP contribution >= 0.6 is 0 Å². The maximum absolute atomic E-state index is 8.87. The lowest BCUT2D eigenvalue weighted by atomic mass is 9.52. The zero-order valence-electron chi connectivity index (χ0n) is 9.21. The molecule has 0 spiro atoms. The van der Waals surface area contributed by atoms with Gasteiger partial charge in [0.05, 0.1) is 6.07 Å². The molecule has 0 bridgehead atoms. The van der Waals surface area contributed by atoms with E-state index in [1.165, 1.54) is 25.7 Å². The lowest BCUT2D eigenvalue weighted by Crippen LogP contribution is -2.44. The van der Waals surface area contributed by atoms with Crippen LogP contribution in [0.2, 0.25) is 0 Å². The van der Waals surface area contributed by atoms with Crippen LogP contribution in [0, 0.1) is 28.6 Å². The second-order valence-corrected chi connectivity index (χ2v) is 4.92. The van der Waals surface area contributed by atoms with Gasteiger partial charge in [0.2, 0.25) is 0 Å². The molecule has 1 nitrogen and oxygen atoms in total. The average Bonchev–Trinajstić information content (AvgIpc) is 2.53. The number of rotatable bonds is 3. The fraction of sp³-hybridized carbons (Fsp3) is 0.769.